The van der Waals surface area contributed by atoms with Crippen molar-refractivity contribution in [3.8, 4) is 5.75 Å². The number of benzene rings is 1. The number of amides is 1. The van der Waals surface area contributed by atoms with Crippen molar-refractivity contribution in [3.63, 3.8) is 0 Å². The summed E-state index contributed by atoms with van der Waals surface area (Å²) in [6.07, 6.45) is 6.07. The van der Waals surface area contributed by atoms with Crippen LogP contribution >= 0.6 is 0 Å². The summed E-state index contributed by atoms with van der Waals surface area (Å²) in [4.78, 5) is 19.2. The van der Waals surface area contributed by atoms with Gasteiger partial charge < -0.3 is 20.3 Å². The molecule has 2 N–H and O–H groups in total. The lowest BCUT2D eigenvalue weighted by Crippen LogP contribution is -2.43. The Balaban J connectivity index is 1.77. The molecule has 1 saturated carbocycles. The van der Waals surface area contributed by atoms with Gasteiger partial charge in [-0.25, -0.2) is 0 Å². The number of hydrogen-bond donors (Lipinski definition) is 2. The smallest absolute Gasteiger partial charge is 0.230 e. The SMILES string of the molecule is CCNC(=NCC1(C(=O)N(C)C)CCCC1)NCCCCOc1ccccc1. The summed E-state index contributed by atoms with van der Waals surface area (Å²) < 4.78 is 5.72. The zero-order valence-corrected chi connectivity index (χ0v) is 17.7. The normalized spacial score (nSPS) is 15.9. The molecule has 0 radical (unpaired) electrons. The minimum atomic E-state index is -0.324. The Morgan fingerprint density at radius 3 is 2.50 bits per heavy atom. The predicted molar refractivity (Wildman–Crippen MR) is 115 cm³/mol. The molecule has 1 fully saturated rings. The molecule has 0 heterocycles. The Hall–Kier alpha value is -2.24. The first-order valence-electron chi connectivity index (χ1n) is 10.5. The Bertz CT molecular complexity index is 610. The van der Waals surface area contributed by atoms with E-state index in [1.165, 1.54) is 0 Å². The molecule has 0 spiro atoms. The molecule has 156 valence electrons. The van der Waals surface area contributed by atoms with Gasteiger partial charge >= 0.3 is 0 Å². The molecule has 1 aliphatic rings. The van der Waals surface area contributed by atoms with Crippen molar-refractivity contribution in [2.24, 2.45) is 10.4 Å². The van der Waals surface area contributed by atoms with Crippen molar-refractivity contribution < 1.29 is 9.53 Å². The first-order valence-corrected chi connectivity index (χ1v) is 10.5. The van der Waals surface area contributed by atoms with Gasteiger partial charge in [0, 0.05) is 27.2 Å². The number of hydrogen-bond acceptors (Lipinski definition) is 3. The molecule has 1 aliphatic carbocycles. The average Bonchev–Trinajstić information content (AvgIpc) is 3.18. The molecular weight excluding hydrogens is 352 g/mol. The number of carbonyl (C=O) groups is 1. The van der Waals surface area contributed by atoms with Gasteiger partial charge in [0.1, 0.15) is 5.75 Å². The van der Waals surface area contributed by atoms with Gasteiger partial charge in [-0.05, 0) is 44.7 Å². The number of rotatable bonds is 10. The summed E-state index contributed by atoms with van der Waals surface area (Å²) in [5.74, 6) is 1.92. The van der Waals surface area contributed by atoms with E-state index in [-0.39, 0.29) is 11.3 Å². The van der Waals surface area contributed by atoms with Crippen LogP contribution in [0.2, 0.25) is 0 Å². The second-order valence-electron chi connectivity index (χ2n) is 7.68. The Morgan fingerprint density at radius 1 is 1.14 bits per heavy atom. The number of para-hydroxylation sites is 1. The van der Waals surface area contributed by atoms with Crippen LogP contribution in [-0.2, 0) is 4.79 Å². The van der Waals surface area contributed by atoms with Crippen molar-refractivity contribution >= 4 is 11.9 Å². The molecule has 6 heteroatoms. The highest BCUT2D eigenvalue weighted by atomic mass is 16.5. The zero-order chi connectivity index (χ0) is 20.2. The number of nitrogens with one attached hydrogen (secondary N) is 2. The van der Waals surface area contributed by atoms with E-state index in [9.17, 15) is 4.79 Å². The lowest BCUT2D eigenvalue weighted by Gasteiger charge is -2.29. The molecule has 1 aromatic rings. The fraction of sp³-hybridized carbons (Fsp3) is 0.636. The number of ether oxygens (including phenoxy) is 1. The van der Waals surface area contributed by atoms with Gasteiger partial charge in [0.2, 0.25) is 5.91 Å². The summed E-state index contributed by atoms with van der Waals surface area (Å²) >= 11 is 0. The fourth-order valence-electron chi connectivity index (χ4n) is 3.68. The quantitative estimate of drug-likeness (QED) is 0.367. The number of carbonyl (C=O) groups excluding carboxylic acids is 1. The number of unbranched alkanes of at least 4 members (excludes halogenated alkanes) is 1. The summed E-state index contributed by atoms with van der Waals surface area (Å²) in [7, 11) is 3.68. The molecule has 0 bridgehead atoms. The molecule has 1 aromatic carbocycles. The predicted octanol–water partition coefficient (Wildman–Crippen LogP) is 3.05. The van der Waals surface area contributed by atoms with E-state index in [4.69, 9.17) is 9.73 Å². The van der Waals surface area contributed by atoms with Crippen molar-refractivity contribution in [3.05, 3.63) is 30.3 Å². The van der Waals surface area contributed by atoms with Crippen LogP contribution in [0.5, 0.6) is 5.75 Å². The van der Waals surface area contributed by atoms with Crippen LogP contribution in [0, 0.1) is 5.41 Å². The highest BCUT2D eigenvalue weighted by Gasteiger charge is 2.41. The van der Waals surface area contributed by atoms with E-state index >= 15 is 0 Å². The van der Waals surface area contributed by atoms with E-state index in [1.807, 2.05) is 44.4 Å². The van der Waals surface area contributed by atoms with Crippen molar-refractivity contribution in [2.45, 2.75) is 45.4 Å². The topological polar surface area (TPSA) is 66.0 Å². The Kier molecular flexibility index (Phi) is 9.11. The van der Waals surface area contributed by atoms with Gasteiger partial charge in [0.15, 0.2) is 5.96 Å². The van der Waals surface area contributed by atoms with E-state index in [1.54, 1.807) is 4.90 Å². The zero-order valence-electron chi connectivity index (χ0n) is 17.7. The lowest BCUT2D eigenvalue weighted by atomic mass is 9.85. The van der Waals surface area contributed by atoms with Crippen molar-refractivity contribution in [2.75, 3.05) is 40.3 Å². The van der Waals surface area contributed by atoms with Gasteiger partial charge in [0.25, 0.3) is 0 Å². The average molecular weight is 389 g/mol. The van der Waals surface area contributed by atoms with Crippen LogP contribution in [-0.4, -0.2) is 57.1 Å². The maximum atomic E-state index is 12.7. The first kappa shape index (κ1) is 22.1. The third-order valence-corrected chi connectivity index (χ3v) is 5.18. The number of aliphatic imine (C=N–C) groups is 1. The Morgan fingerprint density at radius 2 is 1.86 bits per heavy atom. The van der Waals surface area contributed by atoms with Crippen LogP contribution < -0.4 is 15.4 Å². The highest BCUT2D eigenvalue weighted by molar-refractivity contribution is 5.84. The van der Waals surface area contributed by atoms with Crippen LogP contribution in [0.15, 0.2) is 35.3 Å². The van der Waals surface area contributed by atoms with Crippen LogP contribution in [0.3, 0.4) is 0 Å². The third-order valence-electron chi connectivity index (χ3n) is 5.18. The molecule has 0 aromatic heterocycles. The second kappa shape index (κ2) is 11.6. The molecule has 2 rings (SSSR count). The molecule has 0 unspecified atom stereocenters. The van der Waals surface area contributed by atoms with Crippen molar-refractivity contribution in [1.29, 1.82) is 0 Å². The van der Waals surface area contributed by atoms with Gasteiger partial charge in [-0.15, -0.1) is 0 Å². The molecule has 1 amide bonds. The summed E-state index contributed by atoms with van der Waals surface area (Å²) in [6, 6.07) is 9.90. The van der Waals surface area contributed by atoms with Gasteiger partial charge in [-0.1, -0.05) is 31.0 Å². The molecule has 0 aliphatic heterocycles. The van der Waals surface area contributed by atoms with E-state index in [0.29, 0.717) is 13.2 Å². The van der Waals surface area contributed by atoms with E-state index < -0.39 is 0 Å². The van der Waals surface area contributed by atoms with Gasteiger partial charge in [-0.3, -0.25) is 9.79 Å². The van der Waals surface area contributed by atoms with E-state index in [2.05, 4.69) is 17.6 Å². The maximum absolute atomic E-state index is 12.7. The number of guanidine groups is 1. The minimum absolute atomic E-state index is 0.211. The van der Waals surface area contributed by atoms with Gasteiger partial charge in [0.05, 0.1) is 18.6 Å². The second-order valence-corrected chi connectivity index (χ2v) is 7.68. The molecule has 0 atom stereocenters. The van der Waals surface area contributed by atoms with Gasteiger partial charge in [-0.2, -0.15) is 0 Å². The largest absolute Gasteiger partial charge is 0.494 e. The van der Waals surface area contributed by atoms with E-state index in [0.717, 1.165) is 63.3 Å². The lowest BCUT2D eigenvalue weighted by molar-refractivity contribution is -0.138. The fourth-order valence-corrected chi connectivity index (χ4v) is 3.68. The third kappa shape index (κ3) is 6.73. The highest BCUT2D eigenvalue weighted by Crippen LogP contribution is 2.39. The first-order chi connectivity index (χ1) is 13.6. The maximum Gasteiger partial charge on any atom is 0.230 e. The standard InChI is InChI=1S/C22H36N4O2/c1-4-23-21(24-16-10-11-17-28-19-12-6-5-7-13-19)25-18-22(14-8-9-15-22)20(27)26(2)3/h5-7,12-13H,4,8-11,14-18H2,1-3H3,(H2,23,24,25). The minimum Gasteiger partial charge on any atom is -0.494 e. The molecule has 28 heavy (non-hydrogen) atoms. The van der Waals surface area contributed by atoms with Crippen LogP contribution in [0.25, 0.3) is 0 Å². The monoisotopic (exact) mass is 388 g/mol. The summed E-state index contributed by atoms with van der Waals surface area (Å²) in [6.45, 7) is 4.95. The molecular formula is C22H36N4O2. The Labute approximate surface area is 169 Å². The van der Waals surface area contributed by atoms with Crippen LogP contribution in [0.1, 0.15) is 45.4 Å². The molecule has 0 saturated heterocycles. The van der Waals surface area contributed by atoms with Crippen LogP contribution in [0.4, 0.5) is 0 Å². The van der Waals surface area contributed by atoms with Crippen molar-refractivity contribution in [1.82, 2.24) is 15.5 Å². The summed E-state index contributed by atoms with van der Waals surface area (Å²) in [5.41, 5.74) is -0.324. The number of nitrogens with zero attached hydrogens (tertiary/aromatic N) is 2. The molecule has 6 nitrogen and oxygen atoms in total. The summed E-state index contributed by atoms with van der Waals surface area (Å²) in [5, 5.41) is 6.68.